The maximum atomic E-state index is 13.5. The number of aliphatic hydroxyl groups excluding tert-OH is 11. The van der Waals surface area contributed by atoms with Gasteiger partial charge < -0.3 is 89.9 Å². The van der Waals surface area contributed by atoms with Crippen LogP contribution in [0.15, 0.2) is 36.5 Å². The Morgan fingerprint density at radius 2 is 0.653 bits per heavy atom. The third-order valence-corrected chi connectivity index (χ3v) is 20.2. The number of rotatable bonds is 64. The van der Waals surface area contributed by atoms with Gasteiger partial charge in [0.15, 0.2) is 18.9 Å². The number of carbonyl (C=O) groups is 1. The zero-order valence-electron chi connectivity index (χ0n) is 61.5. The average molecular weight is 1400 g/mol. The molecule has 0 aliphatic carbocycles. The van der Waals surface area contributed by atoms with Gasteiger partial charge in [-0.3, -0.25) is 4.79 Å². The highest BCUT2D eigenvalue weighted by Gasteiger charge is 2.54. The summed E-state index contributed by atoms with van der Waals surface area (Å²) < 4.78 is 34.4. The van der Waals surface area contributed by atoms with Gasteiger partial charge in [0.25, 0.3) is 0 Å². The lowest BCUT2D eigenvalue weighted by atomic mass is 9.96. The maximum absolute atomic E-state index is 13.5. The molecule has 576 valence electrons. The molecule has 0 aromatic rings. The summed E-state index contributed by atoms with van der Waals surface area (Å²) in [6.07, 6.45) is 47.1. The van der Waals surface area contributed by atoms with Crippen molar-refractivity contribution < 1.29 is 89.4 Å². The van der Waals surface area contributed by atoms with Crippen LogP contribution in [-0.4, -0.2) is 193 Å². The van der Waals surface area contributed by atoms with Crippen molar-refractivity contribution in [2.45, 2.75) is 433 Å². The fourth-order valence-corrected chi connectivity index (χ4v) is 13.7. The Morgan fingerprint density at radius 1 is 0.357 bits per heavy atom. The van der Waals surface area contributed by atoms with Crippen LogP contribution in [0.5, 0.6) is 0 Å². The van der Waals surface area contributed by atoms with Crippen LogP contribution in [0.25, 0.3) is 0 Å². The highest BCUT2D eigenvalue weighted by atomic mass is 16.8. The Bertz CT molecular complexity index is 1910. The molecule has 0 aromatic carbocycles. The molecule has 3 saturated heterocycles. The molecule has 19 heteroatoms. The van der Waals surface area contributed by atoms with Crippen LogP contribution >= 0.6 is 0 Å². The molecule has 17 atom stereocenters. The summed E-state index contributed by atoms with van der Waals surface area (Å²) in [6.45, 7) is 1.76. The summed E-state index contributed by atoms with van der Waals surface area (Å²) in [4.78, 5) is 13.5. The number of aliphatic hydroxyl groups is 11. The van der Waals surface area contributed by atoms with Crippen LogP contribution in [0.1, 0.15) is 328 Å². The van der Waals surface area contributed by atoms with Crippen LogP contribution in [-0.2, 0) is 33.2 Å². The van der Waals surface area contributed by atoms with E-state index in [1.54, 1.807) is 6.08 Å². The topological polar surface area (TPSA) is 307 Å². The third-order valence-electron chi connectivity index (χ3n) is 20.2. The number of hydrogen-bond acceptors (Lipinski definition) is 18. The molecular formula is C79H147NO18. The second kappa shape index (κ2) is 60.3. The SMILES string of the molecule is CCCCCCCCCCCCCCCCCCCCCC/C=C/CC/C=C/CC/C=C/C(O)C(COC1OC(CO)C(OC2OC(CO)C(OC3OC(CO)C(O)C(O)C3O)C(O)C2O)C(O)C1O)NC(=O)CCCCCCCCCCCCCCCCCCCCCCCCC. The minimum Gasteiger partial charge on any atom is -0.394 e. The zero-order chi connectivity index (χ0) is 71.1. The Hall–Kier alpha value is -1.99. The van der Waals surface area contributed by atoms with E-state index < -0.39 is 124 Å². The molecule has 0 saturated carbocycles. The molecule has 3 fully saturated rings. The first-order valence-electron chi connectivity index (χ1n) is 40.2. The molecule has 3 aliphatic rings. The minimum atomic E-state index is -1.98. The van der Waals surface area contributed by atoms with E-state index in [0.717, 1.165) is 44.9 Å². The molecule has 19 nitrogen and oxygen atoms in total. The molecule has 0 aromatic heterocycles. The van der Waals surface area contributed by atoms with Gasteiger partial charge in [-0.15, -0.1) is 0 Å². The van der Waals surface area contributed by atoms with E-state index >= 15 is 0 Å². The molecule has 3 rings (SSSR count). The van der Waals surface area contributed by atoms with Crippen LogP contribution in [0.4, 0.5) is 0 Å². The van der Waals surface area contributed by atoms with Crippen LogP contribution in [0.3, 0.4) is 0 Å². The molecule has 12 N–H and O–H groups in total. The molecule has 0 spiro atoms. The second-order valence-electron chi connectivity index (χ2n) is 28.9. The summed E-state index contributed by atoms with van der Waals surface area (Å²) in [5, 5.41) is 121. The Balaban J connectivity index is 1.40. The molecule has 3 aliphatic heterocycles. The molecule has 3 heterocycles. The van der Waals surface area contributed by atoms with Gasteiger partial charge in [0.05, 0.1) is 38.6 Å². The van der Waals surface area contributed by atoms with Gasteiger partial charge in [-0.25, -0.2) is 0 Å². The Kier molecular flexibility index (Phi) is 55.5. The van der Waals surface area contributed by atoms with E-state index in [4.69, 9.17) is 28.4 Å². The van der Waals surface area contributed by atoms with Gasteiger partial charge in [0, 0.05) is 6.42 Å². The summed E-state index contributed by atoms with van der Waals surface area (Å²) >= 11 is 0. The van der Waals surface area contributed by atoms with E-state index in [2.05, 4.69) is 43.5 Å². The monoisotopic (exact) mass is 1400 g/mol. The largest absolute Gasteiger partial charge is 0.394 e. The van der Waals surface area contributed by atoms with E-state index in [-0.39, 0.29) is 18.9 Å². The normalized spacial score (nSPS) is 26.9. The summed E-state index contributed by atoms with van der Waals surface area (Å²) in [5.41, 5.74) is 0. The average Bonchev–Trinajstić information content (AvgIpc) is 0.785. The van der Waals surface area contributed by atoms with Crippen molar-refractivity contribution in [3.63, 3.8) is 0 Å². The van der Waals surface area contributed by atoms with E-state index in [9.17, 15) is 61.0 Å². The predicted molar refractivity (Wildman–Crippen MR) is 388 cm³/mol. The van der Waals surface area contributed by atoms with Crippen molar-refractivity contribution in [2.75, 3.05) is 26.4 Å². The first kappa shape index (κ1) is 90.2. The van der Waals surface area contributed by atoms with E-state index in [0.29, 0.717) is 12.8 Å². The number of carbonyl (C=O) groups excluding carboxylic acids is 1. The Morgan fingerprint density at radius 3 is 1.02 bits per heavy atom. The fourth-order valence-electron chi connectivity index (χ4n) is 13.7. The molecule has 1 amide bonds. The fraction of sp³-hybridized carbons (Fsp3) is 0.911. The molecule has 0 bridgehead atoms. The van der Waals surface area contributed by atoms with Gasteiger partial charge in [-0.1, -0.05) is 314 Å². The van der Waals surface area contributed by atoms with Crippen LogP contribution in [0.2, 0.25) is 0 Å². The van der Waals surface area contributed by atoms with Crippen LogP contribution < -0.4 is 5.32 Å². The highest BCUT2D eigenvalue weighted by Crippen LogP contribution is 2.33. The van der Waals surface area contributed by atoms with Gasteiger partial charge >= 0.3 is 0 Å². The Labute approximate surface area is 593 Å². The number of amides is 1. The standard InChI is InChI=1S/C79H147NO18/c1-3-5-7-9-11-13-15-17-19-21-23-25-27-28-29-30-31-32-33-35-36-38-40-42-44-46-48-50-52-54-56-63(84)62(80-67(85)57-55-53-51-49-47-45-43-41-39-37-34-26-24-22-20-18-16-14-12-10-8-6-4-2)61-93-77-73(91)70(88)75(65(59-82)95-77)98-79-74(92)71(89)76(66(60-83)96-79)97-78-72(90)69(87)68(86)64(58-81)94-78/h38,40,46,48,54,56,62-66,68-79,81-84,86-92H,3-37,39,41-45,47,49-53,55,57-61H2,1-2H3,(H,80,85)/b40-38+,48-46+,56-54+. The van der Waals surface area contributed by atoms with Gasteiger partial charge in [0.1, 0.15) is 73.2 Å². The summed E-state index contributed by atoms with van der Waals surface area (Å²) in [6, 6.07) is -0.996. The summed E-state index contributed by atoms with van der Waals surface area (Å²) in [7, 11) is 0. The number of allylic oxidation sites excluding steroid dienone is 5. The molecular weight excluding hydrogens is 1250 g/mol. The first-order valence-corrected chi connectivity index (χ1v) is 40.2. The lowest BCUT2D eigenvalue weighted by Crippen LogP contribution is -2.66. The number of hydrogen-bond donors (Lipinski definition) is 12. The predicted octanol–water partition coefficient (Wildman–Crippen LogP) is 13.1. The van der Waals surface area contributed by atoms with Gasteiger partial charge in [0.2, 0.25) is 5.91 Å². The quantitative estimate of drug-likeness (QED) is 0.0199. The number of nitrogens with one attached hydrogen (secondary N) is 1. The number of ether oxygens (including phenoxy) is 6. The third kappa shape index (κ3) is 40.3. The van der Waals surface area contributed by atoms with E-state index in [1.807, 2.05) is 6.08 Å². The van der Waals surface area contributed by atoms with E-state index in [1.165, 1.54) is 250 Å². The first-order chi connectivity index (χ1) is 47.8. The second-order valence-corrected chi connectivity index (χ2v) is 28.9. The summed E-state index contributed by atoms with van der Waals surface area (Å²) in [5.74, 6) is -0.283. The minimum absolute atomic E-state index is 0.236. The molecule has 98 heavy (non-hydrogen) atoms. The lowest BCUT2D eigenvalue weighted by Gasteiger charge is -2.48. The zero-order valence-corrected chi connectivity index (χ0v) is 61.5. The van der Waals surface area contributed by atoms with Crippen molar-refractivity contribution in [1.82, 2.24) is 5.32 Å². The van der Waals surface area contributed by atoms with Gasteiger partial charge in [-0.05, 0) is 44.9 Å². The lowest BCUT2D eigenvalue weighted by molar-refractivity contribution is -0.379. The van der Waals surface area contributed by atoms with Crippen molar-refractivity contribution in [3.05, 3.63) is 36.5 Å². The van der Waals surface area contributed by atoms with Crippen molar-refractivity contribution in [1.29, 1.82) is 0 Å². The smallest absolute Gasteiger partial charge is 0.220 e. The van der Waals surface area contributed by atoms with Crippen molar-refractivity contribution >= 4 is 5.91 Å². The highest BCUT2D eigenvalue weighted by molar-refractivity contribution is 5.76. The molecule has 0 radical (unpaired) electrons. The van der Waals surface area contributed by atoms with Crippen molar-refractivity contribution in [3.8, 4) is 0 Å². The van der Waals surface area contributed by atoms with Crippen molar-refractivity contribution in [2.24, 2.45) is 0 Å². The van der Waals surface area contributed by atoms with Gasteiger partial charge in [-0.2, -0.15) is 0 Å². The number of unbranched alkanes of at least 4 members (excludes halogenated alkanes) is 44. The van der Waals surface area contributed by atoms with Crippen LogP contribution in [0, 0.1) is 0 Å². The maximum Gasteiger partial charge on any atom is 0.220 e. The molecule has 17 unspecified atom stereocenters.